The third-order valence-corrected chi connectivity index (χ3v) is 2.50. The summed E-state index contributed by atoms with van der Waals surface area (Å²) in [4.78, 5) is 4.63. The fourth-order valence-corrected chi connectivity index (χ4v) is 1.54. The van der Waals surface area contributed by atoms with Crippen LogP contribution in [0.1, 0.15) is 13.8 Å². The molecular weight excluding hydrogens is 208 g/mol. The summed E-state index contributed by atoms with van der Waals surface area (Å²) in [5.41, 5.74) is 1.11. The summed E-state index contributed by atoms with van der Waals surface area (Å²) in [6, 6.07) is 0. The third kappa shape index (κ3) is 8.91. The van der Waals surface area contributed by atoms with Gasteiger partial charge in [0.1, 0.15) is 0 Å². The van der Waals surface area contributed by atoms with Gasteiger partial charge in [-0.3, -0.25) is 4.90 Å². The van der Waals surface area contributed by atoms with Crippen LogP contribution in [0, 0.1) is 5.92 Å². The van der Waals surface area contributed by atoms with Crippen molar-refractivity contribution in [2.45, 2.75) is 13.8 Å². The number of likely N-dealkylation sites (N-methyl/N-ethyl adjacent to an activating group) is 1. The first-order chi connectivity index (χ1) is 6.95. The van der Waals surface area contributed by atoms with E-state index in [0.717, 1.165) is 31.8 Å². The molecule has 0 saturated heterocycles. The van der Waals surface area contributed by atoms with Crippen LogP contribution in [0.3, 0.4) is 0 Å². The highest BCUT2D eigenvalue weighted by Crippen LogP contribution is 2.03. The summed E-state index contributed by atoms with van der Waals surface area (Å²) in [5.74, 6) is 1.26. The second kappa shape index (κ2) is 8.14. The van der Waals surface area contributed by atoms with Gasteiger partial charge >= 0.3 is 0 Å². The lowest BCUT2D eigenvalue weighted by Crippen LogP contribution is -2.35. The lowest BCUT2D eigenvalue weighted by Gasteiger charge is -2.26. The van der Waals surface area contributed by atoms with E-state index in [2.05, 4.69) is 44.3 Å². The molecule has 0 aliphatic heterocycles. The van der Waals surface area contributed by atoms with Crippen LogP contribution >= 0.6 is 11.6 Å². The second-order valence-electron chi connectivity index (χ2n) is 4.82. The Morgan fingerprint density at radius 1 is 1.27 bits per heavy atom. The van der Waals surface area contributed by atoms with Crippen LogP contribution in [-0.4, -0.2) is 56.0 Å². The minimum absolute atomic E-state index is 0.566. The SMILES string of the molecule is C=C(CCl)CN(CCN(C)C)CC(C)C. The number of halogens is 1. The van der Waals surface area contributed by atoms with Crippen molar-refractivity contribution in [2.75, 3.05) is 46.2 Å². The number of nitrogens with zero attached hydrogens (tertiary/aromatic N) is 2. The van der Waals surface area contributed by atoms with Gasteiger partial charge in [0.25, 0.3) is 0 Å². The Labute approximate surface area is 99.9 Å². The topological polar surface area (TPSA) is 6.48 Å². The first kappa shape index (κ1) is 14.9. The molecule has 0 saturated carbocycles. The number of rotatable bonds is 8. The molecule has 0 spiro atoms. The van der Waals surface area contributed by atoms with Crippen LogP contribution in [0.5, 0.6) is 0 Å². The average molecular weight is 233 g/mol. The molecule has 2 nitrogen and oxygen atoms in total. The van der Waals surface area contributed by atoms with Gasteiger partial charge in [-0.1, -0.05) is 20.4 Å². The van der Waals surface area contributed by atoms with Crippen LogP contribution in [0.2, 0.25) is 0 Å². The number of alkyl halides is 1. The van der Waals surface area contributed by atoms with Crippen LogP contribution in [0.25, 0.3) is 0 Å². The Kier molecular flexibility index (Phi) is 8.12. The smallest absolute Gasteiger partial charge is 0.0443 e. The van der Waals surface area contributed by atoms with Crippen molar-refractivity contribution in [1.82, 2.24) is 9.80 Å². The first-order valence-corrected chi connectivity index (χ1v) is 6.08. The van der Waals surface area contributed by atoms with Gasteiger partial charge in [-0.25, -0.2) is 0 Å². The van der Waals surface area contributed by atoms with E-state index in [-0.39, 0.29) is 0 Å². The molecular formula is C12H25ClN2. The molecule has 3 heteroatoms. The van der Waals surface area contributed by atoms with Gasteiger partial charge in [0.2, 0.25) is 0 Å². The minimum Gasteiger partial charge on any atom is -0.308 e. The van der Waals surface area contributed by atoms with E-state index < -0.39 is 0 Å². The average Bonchev–Trinajstić information content (AvgIpc) is 2.13. The Morgan fingerprint density at radius 3 is 2.27 bits per heavy atom. The standard InChI is InChI=1S/C12H25ClN2/c1-11(2)9-15(7-6-14(4)5)10-12(3)8-13/h11H,3,6-10H2,1-2,4-5H3. The Balaban J connectivity index is 4.00. The minimum atomic E-state index is 0.566. The maximum Gasteiger partial charge on any atom is 0.0443 e. The Hall–Kier alpha value is -0.0500. The molecule has 0 N–H and O–H groups in total. The molecule has 0 atom stereocenters. The molecule has 0 aromatic rings. The summed E-state index contributed by atoms with van der Waals surface area (Å²) in [6.45, 7) is 12.7. The Morgan fingerprint density at radius 2 is 1.87 bits per heavy atom. The lowest BCUT2D eigenvalue weighted by molar-refractivity contribution is 0.234. The summed E-state index contributed by atoms with van der Waals surface area (Å²) in [7, 11) is 4.20. The van der Waals surface area contributed by atoms with Gasteiger partial charge in [-0.15, -0.1) is 11.6 Å². The van der Waals surface area contributed by atoms with E-state index in [0.29, 0.717) is 11.8 Å². The van der Waals surface area contributed by atoms with Crippen LogP contribution in [0.4, 0.5) is 0 Å². The molecule has 0 heterocycles. The molecule has 0 rings (SSSR count). The maximum atomic E-state index is 5.76. The molecule has 0 aromatic carbocycles. The molecule has 0 unspecified atom stereocenters. The van der Waals surface area contributed by atoms with E-state index in [9.17, 15) is 0 Å². The first-order valence-electron chi connectivity index (χ1n) is 5.55. The molecule has 0 fully saturated rings. The van der Waals surface area contributed by atoms with Gasteiger partial charge in [0.05, 0.1) is 0 Å². The summed E-state index contributed by atoms with van der Waals surface area (Å²) in [5, 5.41) is 0. The zero-order valence-electron chi connectivity index (χ0n) is 10.6. The van der Waals surface area contributed by atoms with Crippen molar-refractivity contribution >= 4 is 11.6 Å². The molecule has 90 valence electrons. The molecule has 0 aromatic heterocycles. The molecule has 15 heavy (non-hydrogen) atoms. The fourth-order valence-electron chi connectivity index (χ4n) is 1.45. The molecule has 0 bridgehead atoms. The van der Waals surface area contributed by atoms with E-state index in [4.69, 9.17) is 11.6 Å². The van der Waals surface area contributed by atoms with Crippen molar-refractivity contribution in [1.29, 1.82) is 0 Å². The highest BCUT2D eigenvalue weighted by atomic mass is 35.5. The monoisotopic (exact) mass is 232 g/mol. The highest BCUT2D eigenvalue weighted by molar-refractivity contribution is 6.19. The highest BCUT2D eigenvalue weighted by Gasteiger charge is 2.08. The maximum absolute atomic E-state index is 5.76. The molecule has 0 aliphatic carbocycles. The second-order valence-corrected chi connectivity index (χ2v) is 5.08. The Bertz CT molecular complexity index is 178. The van der Waals surface area contributed by atoms with E-state index in [1.165, 1.54) is 0 Å². The zero-order chi connectivity index (χ0) is 11.8. The quantitative estimate of drug-likeness (QED) is 0.468. The van der Waals surface area contributed by atoms with Crippen LogP contribution in [0.15, 0.2) is 12.2 Å². The third-order valence-electron chi connectivity index (χ3n) is 2.12. The zero-order valence-corrected chi connectivity index (χ0v) is 11.3. The fraction of sp³-hybridized carbons (Fsp3) is 0.833. The van der Waals surface area contributed by atoms with Crippen molar-refractivity contribution in [3.8, 4) is 0 Å². The normalized spacial score (nSPS) is 11.7. The van der Waals surface area contributed by atoms with E-state index in [1.54, 1.807) is 0 Å². The number of hydrogen-bond acceptors (Lipinski definition) is 2. The van der Waals surface area contributed by atoms with Gasteiger partial charge in [0.15, 0.2) is 0 Å². The summed E-state index contributed by atoms with van der Waals surface area (Å²) < 4.78 is 0. The van der Waals surface area contributed by atoms with Gasteiger partial charge < -0.3 is 4.90 Å². The van der Waals surface area contributed by atoms with E-state index in [1.807, 2.05) is 0 Å². The lowest BCUT2D eigenvalue weighted by atomic mass is 10.2. The van der Waals surface area contributed by atoms with Crippen LogP contribution < -0.4 is 0 Å². The largest absolute Gasteiger partial charge is 0.308 e. The predicted octanol–water partition coefficient (Wildman–Crippen LogP) is 2.30. The van der Waals surface area contributed by atoms with Crippen LogP contribution in [-0.2, 0) is 0 Å². The molecule has 0 aliphatic rings. The van der Waals surface area contributed by atoms with Gasteiger partial charge in [-0.05, 0) is 25.6 Å². The summed E-state index contributed by atoms with van der Waals surface area (Å²) >= 11 is 5.76. The van der Waals surface area contributed by atoms with Crippen molar-refractivity contribution in [3.63, 3.8) is 0 Å². The molecule has 0 radical (unpaired) electrons. The van der Waals surface area contributed by atoms with Crippen molar-refractivity contribution in [3.05, 3.63) is 12.2 Å². The summed E-state index contributed by atoms with van der Waals surface area (Å²) in [6.07, 6.45) is 0. The van der Waals surface area contributed by atoms with Crippen molar-refractivity contribution < 1.29 is 0 Å². The van der Waals surface area contributed by atoms with E-state index >= 15 is 0 Å². The van der Waals surface area contributed by atoms with Gasteiger partial charge in [0, 0.05) is 32.1 Å². The number of hydrogen-bond donors (Lipinski definition) is 0. The van der Waals surface area contributed by atoms with Crippen molar-refractivity contribution in [2.24, 2.45) is 5.92 Å². The van der Waals surface area contributed by atoms with Gasteiger partial charge in [-0.2, -0.15) is 0 Å². The molecule has 0 amide bonds. The predicted molar refractivity (Wildman–Crippen MR) is 69.7 cm³/mol.